The third-order valence-electron chi connectivity index (χ3n) is 1.90. The van der Waals surface area contributed by atoms with Crippen molar-refractivity contribution in [2.45, 2.75) is 13.3 Å². The van der Waals surface area contributed by atoms with E-state index in [2.05, 4.69) is 20.1 Å². The Labute approximate surface area is 73.0 Å². The molecule has 0 saturated carbocycles. The van der Waals surface area contributed by atoms with Gasteiger partial charge >= 0.3 is 0 Å². The lowest BCUT2D eigenvalue weighted by Crippen LogP contribution is -2.02. The molecule has 2 heteroatoms. The third-order valence-corrected chi connectivity index (χ3v) is 1.90. The van der Waals surface area contributed by atoms with Crippen LogP contribution < -0.4 is 5.84 Å². The summed E-state index contributed by atoms with van der Waals surface area (Å²) in [5.41, 5.74) is 3.23. The van der Waals surface area contributed by atoms with E-state index in [9.17, 15) is 0 Å². The van der Waals surface area contributed by atoms with E-state index in [0.717, 1.165) is 23.1 Å². The zero-order valence-electron chi connectivity index (χ0n) is 7.38. The molecule has 12 heavy (non-hydrogen) atoms. The minimum absolute atomic E-state index is 0.935. The molecule has 1 heterocycles. The molecule has 1 aromatic heterocycles. The highest BCUT2D eigenvalue weighted by atomic mass is 15.3. The average molecular weight is 162 g/mol. The van der Waals surface area contributed by atoms with Gasteiger partial charge in [0.25, 0.3) is 0 Å². The molecule has 0 spiro atoms. The van der Waals surface area contributed by atoms with Gasteiger partial charge in [-0.3, -0.25) is 4.68 Å². The molecule has 0 fully saturated rings. The van der Waals surface area contributed by atoms with E-state index < -0.39 is 0 Å². The summed E-state index contributed by atoms with van der Waals surface area (Å²) in [5, 5.41) is 0. The van der Waals surface area contributed by atoms with Gasteiger partial charge in [0.05, 0.1) is 0 Å². The van der Waals surface area contributed by atoms with E-state index in [-0.39, 0.29) is 0 Å². The summed E-state index contributed by atoms with van der Waals surface area (Å²) in [6, 6.07) is 0. The summed E-state index contributed by atoms with van der Waals surface area (Å²) < 4.78 is 1.53. The van der Waals surface area contributed by atoms with Crippen molar-refractivity contribution < 1.29 is 0 Å². The second-order valence-electron chi connectivity index (χ2n) is 2.74. The highest BCUT2D eigenvalue weighted by Gasteiger charge is 2.04. The van der Waals surface area contributed by atoms with Crippen molar-refractivity contribution in [3.8, 4) is 0 Å². The van der Waals surface area contributed by atoms with E-state index >= 15 is 0 Å². The summed E-state index contributed by atoms with van der Waals surface area (Å²) in [6.07, 6.45) is 6.43. The Balaban J connectivity index is 3.12. The fourth-order valence-corrected chi connectivity index (χ4v) is 1.14. The van der Waals surface area contributed by atoms with Crippen LogP contribution in [0.4, 0.5) is 0 Å². The molecule has 1 rings (SSSR count). The highest BCUT2D eigenvalue weighted by Crippen LogP contribution is 2.21. The lowest BCUT2D eigenvalue weighted by molar-refractivity contribution is 1.02. The molecule has 0 bridgehead atoms. The van der Waals surface area contributed by atoms with Crippen LogP contribution >= 0.6 is 0 Å². The number of hydrogen-bond donors (Lipinski definition) is 1. The van der Waals surface area contributed by atoms with Crippen LogP contribution in [0.1, 0.15) is 24.5 Å². The van der Waals surface area contributed by atoms with Crippen LogP contribution in [-0.4, -0.2) is 4.68 Å². The van der Waals surface area contributed by atoms with Crippen LogP contribution in [0.15, 0.2) is 25.6 Å². The van der Waals surface area contributed by atoms with Crippen molar-refractivity contribution in [1.29, 1.82) is 0 Å². The topological polar surface area (TPSA) is 30.9 Å². The summed E-state index contributed by atoms with van der Waals surface area (Å²) in [7, 11) is 0. The quantitative estimate of drug-likeness (QED) is 0.679. The Morgan fingerprint density at radius 2 is 2.33 bits per heavy atom. The van der Waals surface area contributed by atoms with Crippen molar-refractivity contribution in [3.63, 3.8) is 0 Å². The fraction of sp³-hybridized carbons (Fsp3) is 0.200. The van der Waals surface area contributed by atoms with Crippen LogP contribution in [0.3, 0.4) is 0 Å². The second-order valence-corrected chi connectivity index (χ2v) is 2.74. The molecule has 0 unspecified atom stereocenters. The van der Waals surface area contributed by atoms with Gasteiger partial charge in [-0.2, -0.15) is 0 Å². The first-order chi connectivity index (χ1) is 5.69. The molecule has 0 radical (unpaired) electrons. The molecule has 0 aliphatic heterocycles. The molecule has 0 aliphatic rings. The van der Waals surface area contributed by atoms with Gasteiger partial charge in [0.2, 0.25) is 0 Å². The molecule has 0 saturated heterocycles. The van der Waals surface area contributed by atoms with E-state index in [1.807, 2.05) is 12.4 Å². The second kappa shape index (κ2) is 3.30. The van der Waals surface area contributed by atoms with Crippen molar-refractivity contribution >= 4 is 11.6 Å². The van der Waals surface area contributed by atoms with Crippen molar-refractivity contribution in [2.75, 3.05) is 5.84 Å². The van der Waals surface area contributed by atoms with Crippen molar-refractivity contribution in [1.82, 2.24) is 4.68 Å². The summed E-state index contributed by atoms with van der Waals surface area (Å²) in [5.74, 6) is 5.58. The lowest BCUT2D eigenvalue weighted by atomic mass is 10.0. The maximum Gasteiger partial charge on any atom is 0.0337 e. The summed E-state index contributed by atoms with van der Waals surface area (Å²) in [6.45, 7) is 9.73. The summed E-state index contributed by atoms with van der Waals surface area (Å²) in [4.78, 5) is 0. The highest BCUT2D eigenvalue weighted by molar-refractivity contribution is 5.72. The number of allylic oxidation sites excluding steroid dienone is 1. The van der Waals surface area contributed by atoms with Gasteiger partial charge in [-0.1, -0.05) is 26.2 Å². The Kier molecular flexibility index (Phi) is 2.38. The zero-order valence-corrected chi connectivity index (χ0v) is 7.38. The first-order valence-corrected chi connectivity index (χ1v) is 3.96. The van der Waals surface area contributed by atoms with E-state index in [0.29, 0.717) is 0 Å². The largest absolute Gasteiger partial charge is 0.340 e. The van der Waals surface area contributed by atoms with Crippen LogP contribution in [0, 0.1) is 0 Å². The minimum atomic E-state index is 0.935. The first-order valence-electron chi connectivity index (χ1n) is 3.96. The minimum Gasteiger partial charge on any atom is -0.340 e. The van der Waals surface area contributed by atoms with Gasteiger partial charge < -0.3 is 5.84 Å². The number of nitrogens with two attached hydrogens (primary N) is 1. The molecule has 64 valence electrons. The number of nitrogens with zero attached hydrogens (tertiary/aromatic N) is 1. The average Bonchev–Trinajstić information content (AvgIpc) is 2.45. The number of hydrogen-bond acceptors (Lipinski definition) is 1. The van der Waals surface area contributed by atoms with E-state index in [1.165, 1.54) is 4.68 Å². The zero-order chi connectivity index (χ0) is 9.14. The van der Waals surface area contributed by atoms with Gasteiger partial charge in [0, 0.05) is 23.5 Å². The smallest absolute Gasteiger partial charge is 0.0337 e. The van der Waals surface area contributed by atoms with Gasteiger partial charge in [-0.15, -0.1) is 0 Å². The van der Waals surface area contributed by atoms with Crippen LogP contribution in [0.25, 0.3) is 11.6 Å². The molecule has 0 amide bonds. The van der Waals surface area contributed by atoms with Crippen molar-refractivity contribution in [2.24, 2.45) is 0 Å². The van der Waals surface area contributed by atoms with Gasteiger partial charge in [0.1, 0.15) is 0 Å². The normalized spacial score (nSPS) is 9.75. The van der Waals surface area contributed by atoms with E-state index in [4.69, 9.17) is 5.84 Å². The Morgan fingerprint density at radius 1 is 1.67 bits per heavy atom. The SMILES string of the molecule is C=Cc1cn(N)cc1C(=C)CC. The maximum atomic E-state index is 5.58. The monoisotopic (exact) mass is 162 g/mol. The molecular formula is C10H14N2. The molecule has 0 atom stereocenters. The number of nitrogen functional groups attached to an aromatic ring is 1. The third kappa shape index (κ3) is 1.42. The van der Waals surface area contributed by atoms with Gasteiger partial charge in [-0.25, -0.2) is 0 Å². The summed E-state index contributed by atoms with van der Waals surface area (Å²) >= 11 is 0. The molecule has 1 aromatic rings. The predicted molar refractivity (Wildman–Crippen MR) is 54.0 cm³/mol. The Bertz CT molecular complexity index is 308. The molecule has 2 N–H and O–H groups in total. The number of rotatable bonds is 3. The van der Waals surface area contributed by atoms with Crippen LogP contribution in [0.5, 0.6) is 0 Å². The van der Waals surface area contributed by atoms with E-state index in [1.54, 1.807) is 6.08 Å². The molecule has 0 aliphatic carbocycles. The van der Waals surface area contributed by atoms with Crippen molar-refractivity contribution in [3.05, 3.63) is 36.7 Å². The molecular weight excluding hydrogens is 148 g/mol. The fourth-order valence-electron chi connectivity index (χ4n) is 1.14. The first kappa shape index (κ1) is 8.65. The standard InChI is InChI=1S/C10H14N2/c1-4-8(3)10-7-12(11)6-9(10)5-2/h5-7H,2-4,11H2,1H3. The molecule has 0 aromatic carbocycles. The Hall–Kier alpha value is -1.44. The molecule has 2 nitrogen and oxygen atoms in total. The number of aromatic nitrogens is 1. The Morgan fingerprint density at radius 3 is 2.83 bits per heavy atom. The van der Waals surface area contributed by atoms with Crippen LogP contribution in [0.2, 0.25) is 0 Å². The lowest BCUT2D eigenvalue weighted by Gasteiger charge is -1.99. The maximum absolute atomic E-state index is 5.58. The van der Waals surface area contributed by atoms with Crippen LogP contribution in [-0.2, 0) is 0 Å². The van der Waals surface area contributed by atoms with Gasteiger partial charge in [0.15, 0.2) is 0 Å². The predicted octanol–water partition coefficient (Wildman–Crippen LogP) is 2.27. The van der Waals surface area contributed by atoms with Gasteiger partial charge in [-0.05, 0) is 12.0 Å².